The summed E-state index contributed by atoms with van der Waals surface area (Å²) < 4.78 is 1.29. The molecule has 2 unspecified atom stereocenters. The SMILES string of the molecule is Cc1ccc(C2C(C)CCCN2C(=O)Cn2cc(C(=O)O)nn2)cc1. The number of carboxylic acid groups (broad SMARTS) is 1. The van der Waals surface area contributed by atoms with E-state index in [2.05, 4.69) is 41.5 Å². The van der Waals surface area contributed by atoms with Gasteiger partial charge in [0.15, 0.2) is 5.69 Å². The standard InChI is InChI=1S/C18H22N4O3/c1-12-5-7-14(8-6-12)17-13(2)4-3-9-22(17)16(23)11-21-10-15(18(24)25)19-20-21/h5-8,10,13,17H,3-4,9,11H2,1-2H3,(H,24,25). The molecule has 7 heteroatoms. The average Bonchev–Trinajstić information content (AvgIpc) is 3.04. The zero-order chi connectivity index (χ0) is 18.0. The molecule has 0 saturated carbocycles. The van der Waals surface area contributed by atoms with Crippen LogP contribution in [0.1, 0.15) is 47.4 Å². The first-order valence-electron chi connectivity index (χ1n) is 8.45. The number of piperidine rings is 1. The van der Waals surface area contributed by atoms with Crippen molar-refractivity contribution in [2.75, 3.05) is 6.54 Å². The van der Waals surface area contributed by atoms with Crippen LogP contribution in [0.2, 0.25) is 0 Å². The molecule has 1 fully saturated rings. The summed E-state index contributed by atoms with van der Waals surface area (Å²) in [6.45, 7) is 4.90. The molecule has 3 rings (SSSR count). The fourth-order valence-electron chi connectivity index (χ4n) is 3.44. The summed E-state index contributed by atoms with van der Waals surface area (Å²) in [4.78, 5) is 25.6. The monoisotopic (exact) mass is 342 g/mol. The molecule has 25 heavy (non-hydrogen) atoms. The van der Waals surface area contributed by atoms with Gasteiger partial charge in [-0.15, -0.1) is 5.10 Å². The number of likely N-dealkylation sites (tertiary alicyclic amines) is 1. The first kappa shape index (κ1) is 17.1. The zero-order valence-corrected chi connectivity index (χ0v) is 14.4. The highest BCUT2D eigenvalue weighted by Crippen LogP contribution is 2.36. The maximum atomic E-state index is 12.8. The van der Waals surface area contributed by atoms with Crippen molar-refractivity contribution >= 4 is 11.9 Å². The maximum absolute atomic E-state index is 12.8. The molecule has 1 aliphatic heterocycles. The number of carboxylic acids is 1. The minimum atomic E-state index is -1.15. The Labute approximate surface area is 146 Å². The van der Waals surface area contributed by atoms with E-state index >= 15 is 0 Å². The zero-order valence-electron chi connectivity index (χ0n) is 14.4. The van der Waals surface area contributed by atoms with Gasteiger partial charge < -0.3 is 10.0 Å². The molecule has 1 aromatic carbocycles. The number of aryl methyl sites for hydroxylation is 1. The van der Waals surface area contributed by atoms with E-state index in [9.17, 15) is 9.59 Å². The molecular weight excluding hydrogens is 320 g/mol. The van der Waals surface area contributed by atoms with Crippen molar-refractivity contribution in [1.29, 1.82) is 0 Å². The van der Waals surface area contributed by atoms with Gasteiger partial charge in [0.25, 0.3) is 0 Å². The third-order valence-electron chi connectivity index (χ3n) is 4.73. The lowest BCUT2D eigenvalue weighted by molar-refractivity contribution is -0.137. The number of hydrogen-bond donors (Lipinski definition) is 1. The molecule has 0 radical (unpaired) electrons. The van der Waals surface area contributed by atoms with Crippen molar-refractivity contribution in [3.8, 4) is 0 Å². The topological polar surface area (TPSA) is 88.3 Å². The van der Waals surface area contributed by atoms with Crippen LogP contribution in [0, 0.1) is 12.8 Å². The smallest absolute Gasteiger partial charge is 0.358 e. The van der Waals surface area contributed by atoms with Crippen molar-refractivity contribution in [1.82, 2.24) is 19.9 Å². The van der Waals surface area contributed by atoms with Crippen LogP contribution in [0.4, 0.5) is 0 Å². The minimum Gasteiger partial charge on any atom is -0.476 e. The molecule has 1 N–H and O–H groups in total. The van der Waals surface area contributed by atoms with Crippen LogP contribution < -0.4 is 0 Å². The van der Waals surface area contributed by atoms with Gasteiger partial charge in [0, 0.05) is 6.54 Å². The summed E-state index contributed by atoms with van der Waals surface area (Å²) in [5, 5.41) is 16.2. The Hall–Kier alpha value is -2.70. The highest BCUT2D eigenvalue weighted by Gasteiger charge is 2.33. The molecule has 0 bridgehead atoms. The molecule has 1 aromatic heterocycles. The first-order valence-corrected chi connectivity index (χ1v) is 8.45. The number of amides is 1. The highest BCUT2D eigenvalue weighted by molar-refractivity contribution is 5.84. The average molecular weight is 342 g/mol. The van der Waals surface area contributed by atoms with Crippen LogP contribution in [-0.2, 0) is 11.3 Å². The molecule has 1 saturated heterocycles. The second-order valence-corrected chi connectivity index (χ2v) is 6.67. The summed E-state index contributed by atoms with van der Waals surface area (Å²) in [5.41, 5.74) is 2.17. The Bertz CT molecular complexity index is 769. The molecular formula is C18H22N4O3. The predicted octanol–water partition coefficient (Wildman–Crippen LogP) is 2.28. The molecule has 2 heterocycles. The third kappa shape index (κ3) is 3.70. The van der Waals surface area contributed by atoms with E-state index in [1.54, 1.807) is 0 Å². The second kappa shape index (κ2) is 7.04. The number of hydrogen-bond acceptors (Lipinski definition) is 4. The van der Waals surface area contributed by atoms with Crippen LogP contribution in [-0.4, -0.2) is 43.4 Å². The normalized spacial score (nSPS) is 20.5. The Morgan fingerprint density at radius 1 is 1.28 bits per heavy atom. The molecule has 0 aliphatic carbocycles. The summed E-state index contributed by atoms with van der Waals surface area (Å²) in [6.07, 6.45) is 3.33. The van der Waals surface area contributed by atoms with Crippen LogP contribution in [0.15, 0.2) is 30.5 Å². The van der Waals surface area contributed by atoms with E-state index in [0.717, 1.165) is 18.4 Å². The van der Waals surface area contributed by atoms with E-state index < -0.39 is 5.97 Å². The number of carbonyl (C=O) groups is 2. The van der Waals surface area contributed by atoms with Crippen LogP contribution in [0.25, 0.3) is 0 Å². The van der Waals surface area contributed by atoms with Crippen LogP contribution in [0.5, 0.6) is 0 Å². The van der Waals surface area contributed by atoms with E-state index in [1.807, 2.05) is 11.8 Å². The Morgan fingerprint density at radius 3 is 2.64 bits per heavy atom. The van der Waals surface area contributed by atoms with Gasteiger partial charge in [0.1, 0.15) is 6.54 Å². The predicted molar refractivity (Wildman–Crippen MR) is 91.0 cm³/mol. The fraction of sp³-hybridized carbons (Fsp3) is 0.444. The number of nitrogens with zero attached hydrogens (tertiary/aromatic N) is 4. The number of benzene rings is 1. The molecule has 132 valence electrons. The molecule has 2 atom stereocenters. The van der Waals surface area contributed by atoms with Crippen molar-refractivity contribution in [2.24, 2.45) is 5.92 Å². The van der Waals surface area contributed by atoms with Gasteiger partial charge in [-0.1, -0.05) is 42.0 Å². The number of aromatic nitrogens is 3. The van der Waals surface area contributed by atoms with E-state index in [-0.39, 0.29) is 24.2 Å². The maximum Gasteiger partial charge on any atom is 0.358 e. The minimum absolute atomic E-state index is 0.00460. The molecule has 1 aliphatic rings. The Balaban J connectivity index is 1.80. The van der Waals surface area contributed by atoms with E-state index in [0.29, 0.717) is 12.5 Å². The Morgan fingerprint density at radius 2 is 2.00 bits per heavy atom. The van der Waals surface area contributed by atoms with Gasteiger partial charge in [-0.25, -0.2) is 9.48 Å². The van der Waals surface area contributed by atoms with E-state index in [1.165, 1.54) is 16.4 Å². The lowest BCUT2D eigenvalue weighted by Crippen LogP contribution is -2.43. The number of rotatable bonds is 4. The van der Waals surface area contributed by atoms with Crippen molar-refractivity contribution in [2.45, 2.75) is 39.3 Å². The summed E-state index contributed by atoms with van der Waals surface area (Å²) in [5.74, 6) is -0.854. The summed E-state index contributed by atoms with van der Waals surface area (Å²) in [6, 6.07) is 8.33. The lowest BCUT2D eigenvalue weighted by atomic mass is 9.85. The third-order valence-corrected chi connectivity index (χ3v) is 4.73. The Kier molecular flexibility index (Phi) is 4.83. The fourth-order valence-corrected chi connectivity index (χ4v) is 3.44. The largest absolute Gasteiger partial charge is 0.476 e. The second-order valence-electron chi connectivity index (χ2n) is 6.67. The van der Waals surface area contributed by atoms with Crippen molar-refractivity contribution in [3.05, 3.63) is 47.3 Å². The van der Waals surface area contributed by atoms with E-state index in [4.69, 9.17) is 5.11 Å². The van der Waals surface area contributed by atoms with Crippen molar-refractivity contribution < 1.29 is 14.7 Å². The van der Waals surface area contributed by atoms with Gasteiger partial charge in [-0.05, 0) is 31.2 Å². The molecule has 0 spiro atoms. The van der Waals surface area contributed by atoms with Crippen LogP contribution >= 0.6 is 0 Å². The van der Waals surface area contributed by atoms with Gasteiger partial charge in [-0.2, -0.15) is 0 Å². The van der Waals surface area contributed by atoms with Gasteiger partial charge in [0.05, 0.1) is 12.2 Å². The van der Waals surface area contributed by atoms with Crippen LogP contribution in [0.3, 0.4) is 0 Å². The molecule has 2 aromatic rings. The summed E-state index contributed by atoms with van der Waals surface area (Å²) >= 11 is 0. The molecule has 1 amide bonds. The number of aromatic carboxylic acids is 1. The van der Waals surface area contributed by atoms with Crippen molar-refractivity contribution in [3.63, 3.8) is 0 Å². The summed E-state index contributed by atoms with van der Waals surface area (Å²) in [7, 11) is 0. The van der Waals surface area contributed by atoms with Gasteiger partial charge in [-0.3, -0.25) is 4.79 Å². The molecule has 7 nitrogen and oxygen atoms in total. The van der Waals surface area contributed by atoms with Gasteiger partial charge >= 0.3 is 5.97 Å². The lowest BCUT2D eigenvalue weighted by Gasteiger charge is -2.40. The number of carbonyl (C=O) groups excluding carboxylic acids is 1. The van der Waals surface area contributed by atoms with Gasteiger partial charge in [0.2, 0.25) is 5.91 Å². The highest BCUT2D eigenvalue weighted by atomic mass is 16.4. The quantitative estimate of drug-likeness (QED) is 0.921. The first-order chi connectivity index (χ1) is 12.0.